The average molecular weight is 804 g/mol. The summed E-state index contributed by atoms with van der Waals surface area (Å²) >= 11 is 6.52. The van der Waals surface area contributed by atoms with Gasteiger partial charge in [0.25, 0.3) is 5.91 Å². The van der Waals surface area contributed by atoms with E-state index < -0.39 is 24.2 Å². The number of hydroxylamine groups is 2. The number of carbonyl (C=O) groups is 2. The second-order valence-electron chi connectivity index (χ2n) is 17.6. The third-order valence-electron chi connectivity index (χ3n) is 13.0. The van der Waals surface area contributed by atoms with Crippen LogP contribution in [-0.2, 0) is 22.6 Å². The molecule has 57 heavy (non-hydrogen) atoms. The molecule has 2 amide bonds. The first-order chi connectivity index (χ1) is 27.0. The Morgan fingerprint density at radius 2 is 1.77 bits per heavy atom. The summed E-state index contributed by atoms with van der Waals surface area (Å²) in [6, 6.07) is 18.2. The van der Waals surface area contributed by atoms with Crippen LogP contribution in [0.15, 0.2) is 60.7 Å². The summed E-state index contributed by atoms with van der Waals surface area (Å²) in [5.74, 6) is 0.936. The molecule has 0 spiro atoms. The van der Waals surface area contributed by atoms with E-state index >= 15 is 0 Å². The number of carbonyl (C=O) groups excluding carboxylic acids is 2. The molecule has 7 rings (SSSR count). The Labute approximate surface area is 343 Å². The number of hydrogen-bond donors (Lipinski definition) is 4. The monoisotopic (exact) mass is 803 g/mol. The van der Waals surface area contributed by atoms with Crippen molar-refractivity contribution in [3.63, 3.8) is 0 Å². The van der Waals surface area contributed by atoms with Gasteiger partial charge in [-0.2, -0.15) is 5.06 Å². The van der Waals surface area contributed by atoms with Gasteiger partial charge >= 0.3 is 0 Å². The number of aliphatic hydroxyl groups excluding tert-OH is 2. The van der Waals surface area contributed by atoms with E-state index in [1.54, 1.807) is 19.1 Å². The maximum absolute atomic E-state index is 14.3. The maximum Gasteiger partial charge on any atom is 0.251 e. The predicted octanol–water partition coefficient (Wildman–Crippen LogP) is 5.64. The zero-order chi connectivity index (χ0) is 41.3. The molecule has 4 N–H and O–H groups in total. The fraction of sp³-hybridized carbons (Fsp3) is 0.556. The molecule has 12 heteroatoms. The molecule has 9 atom stereocenters. The van der Waals surface area contributed by atoms with E-state index in [1.807, 2.05) is 98.7 Å². The van der Waals surface area contributed by atoms with Crippen LogP contribution in [0.25, 0.3) is 11.1 Å². The van der Waals surface area contributed by atoms with Gasteiger partial charge in [0.15, 0.2) is 0 Å². The molecule has 0 aromatic heterocycles. The summed E-state index contributed by atoms with van der Waals surface area (Å²) in [7, 11) is 9.43. The van der Waals surface area contributed by atoms with Crippen LogP contribution >= 0.6 is 11.6 Å². The van der Waals surface area contributed by atoms with Gasteiger partial charge < -0.3 is 35.4 Å². The molecule has 4 aliphatic rings. The lowest BCUT2D eigenvalue weighted by Crippen LogP contribution is -2.62. The maximum atomic E-state index is 14.3. The lowest BCUT2D eigenvalue weighted by Gasteiger charge is -2.62. The Morgan fingerprint density at radius 3 is 2.39 bits per heavy atom. The van der Waals surface area contributed by atoms with E-state index in [0.717, 1.165) is 34.4 Å². The largest absolute Gasteiger partial charge is 0.496 e. The molecule has 3 aliphatic carbocycles. The molecule has 0 unspecified atom stereocenters. The van der Waals surface area contributed by atoms with Gasteiger partial charge in [0.2, 0.25) is 5.91 Å². The molecule has 1 aliphatic heterocycles. The standard InChI is InChI=1S/C45H62ClN5O6/c1-26-36-21-32(45(36,3)4)22-38(26)48-44(55)41-40(27(2)53)39(25-52)57-51(41)23-29-14-12-15-35(42(29)56-9)30-17-31(20-34(19-30)50(7)8)43(54)47-33(24-49(5)6)18-28-13-10-11-16-37(28)46/h10-17,19-20,26-27,32-33,36,38-41,52-53H,18,21-25H2,1-9H3,(H,47,54)(H,48,55)/t26-,27-,32+,33-,36-,38-,39-,40+,41-/m0/s1. The highest BCUT2D eigenvalue weighted by atomic mass is 35.5. The average Bonchev–Trinajstić information content (AvgIpc) is 3.54. The van der Waals surface area contributed by atoms with Crippen molar-refractivity contribution in [3.05, 3.63) is 82.4 Å². The van der Waals surface area contributed by atoms with E-state index in [-0.39, 0.29) is 42.5 Å². The lowest BCUT2D eigenvalue weighted by atomic mass is 9.45. The van der Waals surface area contributed by atoms with Gasteiger partial charge in [0.1, 0.15) is 17.9 Å². The van der Waals surface area contributed by atoms with Crippen LogP contribution in [0.2, 0.25) is 5.02 Å². The van der Waals surface area contributed by atoms with Crippen molar-refractivity contribution in [2.75, 3.05) is 53.4 Å². The number of benzene rings is 3. The molecule has 1 heterocycles. The van der Waals surface area contributed by atoms with Gasteiger partial charge in [0.05, 0.1) is 26.4 Å². The highest BCUT2D eigenvalue weighted by Gasteiger charge is 2.57. The Morgan fingerprint density at radius 1 is 1.05 bits per heavy atom. The fourth-order valence-electron chi connectivity index (χ4n) is 9.79. The topological polar surface area (TPSA) is 127 Å². The third-order valence-corrected chi connectivity index (χ3v) is 13.4. The zero-order valence-electron chi connectivity index (χ0n) is 35.0. The number of nitrogens with zero attached hydrogens (tertiary/aromatic N) is 3. The molecule has 4 fully saturated rings. The van der Waals surface area contributed by atoms with Crippen molar-refractivity contribution in [1.29, 1.82) is 0 Å². The van der Waals surface area contributed by atoms with Crippen molar-refractivity contribution in [3.8, 4) is 16.9 Å². The van der Waals surface area contributed by atoms with Crippen molar-refractivity contribution < 1.29 is 29.4 Å². The summed E-state index contributed by atoms with van der Waals surface area (Å²) < 4.78 is 6.11. The number of ether oxygens (including phenoxy) is 1. The molecule has 1 saturated heterocycles. The first-order valence-electron chi connectivity index (χ1n) is 20.2. The molecule has 310 valence electrons. The van der Waals surface area contributed by atoms with E-state index in [4.69, 9.17) is 21.2 Å². The highest BCUT2D eigenvalue weighted by Crippen LogP contribution is 2.61. The second-order valence-corrected chi connectivity index (χ2v) is 18.0. The van der Waals surface area contributed by atoms with Gasteiger partial charge in [0, 0.05) is 66.0 Å². The van der Waals surface area contributed by atoms with Gasteiger partial charge in [-0.25, -0.2) is 0 Å². The van der Waals surface area contributed by atoms with Gasteiger partial charge in [-0.1, -0.05) is 68.8 Å². The molecule has 0 radical (unpaired) electrons. The first-order valence-corrected chi connectivity index (χ1v) is 20.6. The molecule has 11 nitrogen and oxygen atoms in total. The lowest BCUT2D eigenvalue weighted by molar-refractivity contribution is -0.183. The molecule has 2 bridgehead atoms. The highest BCUT2D eigenvalue weighted by molar-refractivity contribution is 6.31. The number of nitrogens with one attached hydrogen (secondary N) is 2. The van der Waals surface area contributed by atoms with Crippen molar-refractivity contribution in [2.45, 2.75) is 83.8 Å². The second kappa shape index (κ2) is 17.6. The Kier molecular flexibility index (Phi) is 13.3. The van der Waals surface area contributed by atoms with Gasteiger partial charge in [-0.3, -0.25) is 14.4 Å². The molecule has 3 saturated carbocycles. The minimum atomic E-state index is -0.910. The van der Waals surface area contributed by atoms with Crippen LogP contribution in [0.1, 0.15) is 62.0 Å². The number of hydrogen-bond acceptors (Lipinski definition) is 9. The van der Waals surface area contributed by atoms with Gasteiger partial charge in [-0.15, -0.1) is 0 Å². The number of aliphatic hydroxyl groups is 2. The number of fused-ring (bicyclic) bond motifs is 2. The fourth-order valence-corrected chi connectivity index (χ4v) is 10.00. The van der Waals surface area contributed by atoms with Crippen molar-refractivity contribution >= 4 is 29.1 Å². The number of halogens is 1. The number of rotatable bonds is 15. The van der Waals surface area contributed by atoms with Crippen LogP contribution in [0.5, 0.6) is 5.75 Å². The number of para-hydroxylation sites is 1. The summed E-state index contributed by atoms with van der Waals surface area (Å²) in [5.41, 5.74) is 4.86. The smallest absolute Gasteiger partial charge is 0.251 e. The quantitative estimate of drug-likeness (QED) is 0.154. The van der Waals surface area contributed by atoms with Crippen LogP contribution in [0.3, 0.4) is 0 Å². The van der Waals surface area contributed by atoms with E-state index in [2.05, 4.69) is 31.4 Å². The van der Waals surface area contributed by atoms with Crippen LogP contribution < -0.4 is 20.3 Å². The van der Waals surface area contributed by atoms with E-state index in [1.165, 1.54) is 6.42 Å². The number of anilines is 1. The van der Waals surface area contributed by atoms with E-state index in [9.17, 15) is 19.8 Å². The Balaban J connectivity index is 1.29. The van der Waals surface area contributed by atoms with Crippen molar-refractivity contribution in [2.24, 2.45) is 29.1 Å². The first kappa shape index (κ1) is 42.9. The van der Waals surface area contributed by atoms with Crippen molar-refractivity contribution in [1.82, 2.24) is 20.6 Å². The summed E-state index contributed by atoms with van der Waals surface area (Å²) in [6.07, 6.45) is 1.02. The van der Waals surface area contributed by atoms with Crippen LogP contribution in [0.4, 0.5) is 5.69 Å². The summed E-state index contributed by atoms with van der Waals surface area (Å²) in [5, 5.41) is 30.3. The molecular weight excluding hydrogens is 742 g/mol. The summed E-state index contributed by atoms with van der Waals surface area (Å²) in [4.78, 5) is 38.7. The Hall–Kier alpha value is -3.71. The third kappa shape index (κ3) is 8.99. The zero-order valence-corrected chi connectivity index (χ0v) is 35.7. The normalized spacial score (nSPS) is 26.4. The minimum absolute atomic E-state index is 0.0292. The SMILES string of the molecule is COc1c(CN2O[C@@H](CO)[C@@H]([C@H](C)O)[C@H]2C(=O)N[C@H]2C[C@H]3C[C@@H]([C@@H]2C)C3(C)C)cccc1-c1cc(C(=O)N[C@@H](Cc2ccccc2Cl)CN(C)C)cc(N(C)C)c1. The molecule has 3 aromatic carbocycles. The molecule has 3 aromatic rings. The summed E-state index contributed by atoms with van der Waals surface area (Å²) in [6.45, 7) is 8.98. The van der Waals surface area contributed by atoms with Gasteiger partial charge in [-0.05, 0) is 98.8 Å². The number of amides is 2. The number of methoxy groups -OCH3 is 1. The predicted molar refractivity (Wildman–Crippen MR) is 225 cm³/mol. The minimum Gasteiger partial charge on any atom is -0.496 e. The van der Waals surface area contributed by atoms with Crippen LogP contribution in [0, 0.1) is 29.1 Å². The Bertz CT molecular complexity index is 1900. The van der Waals surface area contributed by atoms with E-state index in [0.29, 0.717) is 47.1 Å². The van der Waals surface area contributed by atoms with Crippen LogP contribution in [-0.4, -0.2) is 111 Å². The number of likely N-dealkylation sites (N-methyl/N-ethyl adjacent to an activating group) is 1. The molecular formula is C45H62ClN5O6.